The fourth-order valence-corrected chi connectivity index (χ4v) is 3.42. The number of esters is 2. The van der Waals surface area contributed by atoms with Gasteiger partial charge in [-0.2, -0.15) is 0 Å². The molecule has 160 valence electrons. The Bertz CT molecular complexity index is 1270. The van der Waals surface area contributed by atoms with Crippen LogP contribution in [0.4, 0.5) is 0 Å². The number of ketones is 1. The molecule has 0 amide bonds. The van der Waals surface area contributed by atoms with Gasteiger partial charge in [0.1, 0.15) is 11.5 Å². The molecule has 3 aromatic rings. The molecular weight excluding hydrogens is 408 g/mol. The molecule has 4 rings (SSSR count). The number of carbonyl (C=O) groups is 3. The summed E-state index contributed by atoms with van der Waals surface area (Å²) < 4.78 is 16.1. The van der Waals surface area contributed by atoms with Gasteiger partial charge in [-0.15, -0.1) is 0 Å². The standard InChI is InChI=1S/C26H20O6/c1-15-6-4-5-7-19(15)26(29)32-21-13-12-20-23(27)22(31-24(20)16(21)2)14-17-8-10-18(11-9-17)25(28)30-3/h4-14H,1-3H3/b22-14-. The van der Waals surface area contributed by atoms with Crippen LogP contribution in [0, 0.1) is 13.8 Å². The number of Topliss-reactive ketones (excluding diaryl/α,β-unsaturated/α-hetero) is 1. The maximum atomic E-state index is 12.8. The van der Waals surface area contributed by atoms with Crippen molar-refractivity contribution >= 4 is 23.8 Å². The molecule has 6 nitrogen and oxygen atoms in total. The van der Waals surface area contributed by atoms with Crippen molar-refractivity contribution in [1.29, 1.82) is 0 Å². The molecule has 0 aliphatic carbocycles. The predicted molar refractivity (Wildman–Crippen MR) is 118 cm³/mol. The first-order valence-electron chi connectivity index (χ1n) is 9.93. The Morgan fingerprint density at radius 1 is 0.906 bits per heavy atom. The molecule has 0 N–H and O–H groups in total. The summed E-state index contributed by atoms with van der Waals surface area (Å²) in [4.78, 5) is 37.0. The van der Waals surface area contributed by atoms with Gasteiger partial charge in [-0.3, -0.25) is 4.79 Å². The van der Waals surface area contributed by atoms with E-state index in [-0.39, 0.29) is 11.5 Å². The van der Waals surface area contributed by atoms with Crippen molar-refractivity contribution in [3.8, 4) is 11.5 Å². The van der Waals surface area contributed by atoms with Crippen molar-refractivity contribution in [3.05, 3.63) is 99.8 Å². The lowest BCUT2D eigenvalue weighted by Crippen LogP contribution is -2.11. The Labute approximate surface area is 185 Å². The summed E-state index contributed by atoms with van der Waals surface area (Å²) in [5.41, 5.74) is 3.34. The zero-order valence-electron chi connectivity index (χ0n) is 17.8. The molecule has 0 bridgehead atoms. The number of hydrogen-bond donors (Lipinski definition) is 0. The molecule has 1 heterocycles. The molecule has 3 aromatic carbocycles. The van der Waals surface area contributed by atoms with E-state index < -0.39 is 11.9 Å². The Morgan fingerprint density at radius 3 is 2.31 bits per heavy atom. The van der Waals surface area contributed by atoms with Crippen LogP contribution in [0.3, 0.4) is 0 Å². The highest BCUT2D eigenvalue weighted by Crippen LogP contribution is 2.39. The molecule has 32 heavy (non-hydrogen) atoms. The molecule has 0 unspecified atom stereocenters. The molecule has 0 saturated carbocycles. The van der Waals surface area contributed by atoms with Gasteiger partial charge >= 0.3 is 11.9 Å². The van der Waals surface area contributed by atoms with Crippen molar-refractivity contribution in [2.24, 2.45) is 0 Å². The lowest BCUT2D eigenvalue weighted by molar-refractivity contribution is 0.0600. The smallest absolute Gasteiger partial charge is 0.343 e. The topological polar surface area (TPSA) is 78.9 Å². The molecule has 0 spiro atoms. The summed E-state index contributed by atoms with van der Waals surface area (Å²) in [7, 11) is 1.31. The highest BCUT2D eigenvalue weighted by atomic mass is 16.5. The van der Waals surface area contributed by atoms with E-state index in [9.17, 15) is 14.4 Å². The average molecular weight is 428 g/mol. The van der Waals surface area contributed by atoms with E-state index in [1.54, 1.807) is 61.5 Å². The van der Waals surface area contributed by atoms with Gasteiger partial charge in [0, 0.05) is 5.56 Å². The second kappa shape index (κ2) is 8.51. The highest BCUT2D eigenvalue weighted by molar-refractivity contribution is 6.15. The number of benzene rings is 3. The Balaban J connectivity index is 1.58. The van der Waals surface area contributed by atoms with Crippen LogP contribution in [0.5, 0.6) is 11.5 Å². The van der Waals surface area contributed by atoms with Gasteiger partial charge < -0.3 is 14.2 Å². The zero-order valence-corrected chi connectivity index (χ0v) is 17.8. The summed E-state index contributed by atoms with van der Waals surface area (Å²) in [6.45, 7) is 3.57. The monoisotopic (exact) mass is 428 g/mol. The molecule has 0 fully saturated rings. The largest absolute Gasteiger partial charge is 0.465 e. The molecular formula is C26H20O6. The maximum absolute atomic E-state index is 12.8. The second-order valence-corrected chi connectivity index (χ2v) is 7.32. The van der Waals surface area contributed by atoms with E-state index in [1.165, 1.54) is 7.11 Å². The summed E-state index contributed by atoms with van der Waals surface area (Å²) in [6.07, 6.45) is 1.60. The van der Waals surface area contributed by atoms with Crippen LogP contribution in [-0.2, 0) is 4.74 Å². The number of allylic oxidation sites excluding steroid dienone is 1. The van der Waals surface area contributed by atoms with Crippen molar-refractivity contribution in [2.45, 2.75) is 13.8 Å². The minimum Gasteiger partial charge on any atom is -0.465 e. The van der Waals surface area contributed by atoms with E-state index in [2.05, 4.69) is 4.74 Å². The Hall–Kier alpha value is -4.19. The van der Waals surface area contributed by atoms with Crippen molar-refractivity contribution in [2.75, 3.05) is 7.11 Å². The van der Waals surface area contributed by atoms with Gasteiger partial charge in [0.15, 0.2) is 5.76 Å². The van der Waals surface area contributed by atoms with E-state index in [0.717, 1.165) is 5.56 Å². The van der Waals surface area contributed by atoms with E-state index in [4.69, 9.17) is 9.47 Å². The van der Waals surface area contributed by atoms with Crippen LogP contribution >= 0.6 is 0 Å². The van der Waals surface area contributed by atoms with Crippen LogP contribution in [-0.4, -0.2) is 24.8 Å². The van der Waals surface area contributed by atoms with Crippen LogP contribution in [0.15, 0.2) is 66.4 Å². The molecule has 0 radical (unpaired) electrons. The van der Waals surface area contributed by atoms with Gasteiger partial charge in [-0.1, -0.05) is 30.3 Å². The average Bonchev–Trinajstić information content (AvgIpc) is 3.12. The fraction of sp³-hybridized carbons (Fsp3) is 0.115. The SMILES string of the molecule is COC(=O)c1ccc(/C=C2\Oc3c(ccc(OC(=O)c4ccccc4C)c3C)C2=O)cc1. The third kappa shape index (κ3) is 3.90. The fourth-order valence-electron chi connectivity index (χ4n) is 3.42. The Kier molecular flexibility index (Phi) is 5.60. The number of fused-ring (bicyclic) bond motifs is 1. The van der Waals surface area contributed by atoms with Gasteiger partial charge in [0.05, 0.1) is 23.8 Å². The van der Waals surface area contributed by atoms with E-state index in [1.807, 2.05) is 19.1 Å². The molecule has 1 aliphatic heterocycles. The quantitative estimate of drug-likeness (QED) is 0.333. The summed E-state index contributed by atoms with van der Waals surface area (Å²) in [5, 5.41) is 0. The molecule has 1 aliphatic rings. The van der Waals surface area contributed by atoms with Gasteiger partial charge in [-0.25, -0.2) is 9.59 Å². The van der Waals surface area contributed by atoms with Gasteiger partial charge in [0.2, 0.25) is 5.78 Å². The molecule has 6 heteroatoms. The number of rotatable bonds is 4. The summed E-state index contributed by atoms with van der Waals surface area (Å²) in [6, 6.07) is 17.0. The Morgan fingerprint density at radius 2 is 1.62 bits per heavy atom. The van der Waals surface area contributed by atoms with Crippen LogP contribution in [0.2, 0.25) is 0 Å². The number of methoxy groups -OCH3 is 1. The third-order valence-electron chi connectivity index (χ3n) is 5.23. The first-order chi connectivity index (χ1) is 15.4. The first kappa shape index (κ1) is 21.1. The minimum absolute atomic E-state index is 0.149. The van der Waals surface area contributed by atoms with Crippen LogP contribution in [0.25, 0.3) is 6.08 Å². The van der Waals surface area contributed by atoms with Crippen LogP contribution in [0.1, 0.15) is 47.8 Å². The van der Waals surface area contributed by atoms with E-state index >= 15 is 0 Å². The second-order valence-electron chi connectivity index (χ2n) is 7.32. The maximum Gasteiger partial charge on any atom is 0.343 e. The van der Waals surface area contributed by atoms with Gasteiger partial charge in [0.25, 0.3) is 0 Å². The van der Waals surface area contributed by atoms with Crippen molar-refractivity contribution in [3.63, 3.8) is 0 Å². The lowest BCUT2D eigenvalue weighted by Gasteiger charge is -2.11. The van der Waals surface area contributed by atoms with Crippen molar-refractivity contribution < 1.29 is 28.6 Å². The number of carbonyl (C=O) groups excluding carboxylic acids is 3. The number of hydrogen-bond acceptors (Lipinski definition) is 6. The first-order valence-corrected chi connectivity index (χ1v) is 9.93. The summed E-state index contributed by atoms with van der Waals surface area (Å²) in [5.74, 6) is -0.339. The van der Waals surface area contributed by atoms with Crippen molar-refractivity contribution in [1.82, 2.24) is 0 Å². The zero-order chi connectivity index (χ0) is 22.8. The lowest BCUT2D eigenvalue weighted by atomic mass is 10.1. The minimum atomic E-state index is -0.475. The molecule has 0 atom stereocenters. The van der Waals surface area contributed by atoms with Crippen LogP contribution < -0.4 is 9.47 Å². The number of aryl methyl sites for hydroxylation is 1. The third-order valence-corrected chi connectivity index (χ3v) is 5.23. The van der Waals surface area contributed by atoms with E-state index in [0.29, 0.717) is 39.3 Å². The van der Waals surface area contributed by atoms with Gasteiger partial charge in [-0.05, 0) is 61.4 Å². The highest BCUT2D eigenvalue weighted by Gasteiger charge is 2.30. The summed E-state index contributed by atoms with van der Waals surface area (Å²) >= 11 is 0. The molecule has 0 saturated heterocycles. The predicted octanol–water partition coefficient (Wildman–Crippen LogP) is 4.93. The normalized spacial score (nSPS) is 13.5. The number of ether oxygens (including phenoxy) is 3. The molecule has 0 aromatic heterocycles.